The third kappa shape index (κ3) is 6.89. The Bertz CT molecular complexity index is 1780. The summed E-state index contributed by atoms with van der Waals surface area (Å²) in [6, 6.07) is 30.1. The van der Waals surface area contributed by atoms with Crippen molar-refractivity contribution in [3.05, 3.63) is 130 Å². The zero-order valence-corrected chi connectivity index (χ0v) is 24.1. The molecule has 3 aromatic carbocycles. The molecule has 0 spiro atoms. The number of rotatable bonds is 9. The van der Waals surface area contributed by atoms with Crippen molar-refractivity contribution < 1.29 is 14.0 Å². The smallest absolute Gasteiger partial charge is 0.237 e. The predicted octanol–water partition coefficient (Wildman–Crippen LogP) is 8.50. The molecule has 0 aliphatic rings. The van der Waals surface area contributed by atoms with E-state index in [1.54, 1.807) is 60.7 Å². The molecule has 0 aliphatic carbocycles. The van der Waals surface area contributed by atoms with Crippen molar-refractivity contribution in [3.63, 3.8) is 0 Å². The summed E-state index contributed by atoms with van der Waals surface area (Å²) in [5, 5.41) is 14.7. The van der Waals surface area contributed by atoms with E-state index in [-0.39, 0.29) is 17.5 Å². The zero-order chi connectivity index (χ0) is 29.5. The average Bonchev–Trinajstić information content (AvgIpc) is 3.54. The van der Waals surface area contributed by atoms with Crippen molar-refractivity contribution in [3.8, 4) is 28.5 Å². The molecule has 0 bridgehead atoms. The largest absolute Gasteiger partial charge is 0.325 e. The maximum atomic E-state index is 13.6. The fourth-order valence-electron chi connectivity index (χ4n) is 4.15. The number of nitriles is 1. The molecule has 1 amide bonds. The van der Waals surface area contributed by atoms with Gasteiger partial charge in [-0.25, -0.2) is 9.37 Å². The topological polar surface area (TPSA) is 82.8 Å². The molecule has 5 nitrogen and oxygen atoms in total. The predicted molar refractivity (Wildman–Crippen MR) is 168 cm³/mol. The van der Waals surface area contributed by atoms with Crippen LogP contribution in [0.3, 0.4) is 0 Å². The van der Waals surface area contributed by atoms with Crippen LogP contribution in [-0.2, 0) is 4.79 Å². The summed E-state index contributed by atoms with van der Waals surface area (Å²) < 4.78 is 13.6. The van der Waals surface area contributed by atoms with E-state index in [9.17, 15) is 19.2 Å². The molecule has 0 fully saturated rings. The lowest BCUT2D eigenvalue weighted by Crippen LogP contribution is -2.22. The second kappa shape index (κ2) is 13.2. The number of pyridine rings is 1. The Balaban J connectivity index is 1.35. The highest BCUT2D eigenvalue weighted by Gasteiger charge is 2.22. The first kappa shape index (κ1) is 28.7. The molecule has 0 saturated heterocycles. The van der Waals surface area contributed by atoms with E-state index in [0.29, 0.717) is 38.7 Å². The van der Waals surface area contributed by atoms with Crippen LogP contribution in [0.4, 0.5) is 10.1 Å². The Labute approximate surface area is 251 Å². The average molecular weight is 590 g/mol. The van der Waals surface area contributed by atoms with Gasteiger partial charge in [0.2, 0.25) is 5.91 Å². The van der Waals surface area contributed by atoms with Gasteiger partial charge in [-0.2, -0.15) is 5.26 Å². The lowest BCUT2D eigenvalue weighted by Gasteiger charge is -2.16. The second-order valence-corrected chi connectivity index (χ2v) is 11.6. The highest BCUT2D eigenvalue weighted by atomic mass is 32.2. The molecule has 8 heteroatoms. The van der Waals surface area contributed by atoms with Crippen LogP contribution in [-0.4, -0.2) is 21.9 Å². The minimum absolute atomic E-state index is 0.129. The van der Waals surface area contributed by atoms with Gasteiger partial charge in [-0.05, 0) is 90.7 Å². The summed E-state index contributed by atoms with van der Waals surface area (Å²) >= 11 is 2.72. The number of benzene rings is 3. The van der Waals surface area contributed by atoms with E-state index < -0.39 is 5.25 Å². The van der Waals surface area contributed by atoms with Crippen molar-refractivity contribution >= 4 is 46.6 Å². The van der Waals surface area contributed by atoms with Crippen LogP contribution >= 0.6 is 23.1 Å². The van der Waals surface area contributed by atoms with Gasteiger partial charge in [0.15, 0.2) is 5.78 Å². The number of hydrogen-bond acceptors (Lipinski definition) is 6. The lowest BCUT2D eigenvalue weighted by atomic mass is 9.99. The van der Waals surface area contributed by atoms with E-state index in [1.807, 2.05) is 53.9 Å². The van der Waals surface area contributed by atoms with E-state index in [1.165, 1.54) is 30.0 Å². The van der Waals surface area contributed by atoms with E-state index in [0.717, 1.165) is 10.4 Å². The van der Waals surface area contributed by atoms with Gasteiger partial charge < -0.3 is 5.32 Å². The number of carbonyl (C=O) groups is 2. The van der Waals surface area contributed by atoms with E-state index >= 15 is 0 Å². The Hall–Kier alpha value is -4.84. The van der Waals surface area contributed by atoms with Crippen LogP contribution in [0, 0.1) is 17.1 Å². The Kier molecular flexibility index (Phi) is 9.02. The molecule has 0 radical (unpaired) electrons. The van der Waals surface area contributed by atoms with Crippen LogP contribution in [0.5, 0.6) is 0 Å². The molecule has 5 aromatic rings. The van der Waals surface area contributed by atoms with Gasteiger partial charge in [0.05, 0.1) is 16.5 Å². The quantitative estimate of drug-likeness (QED) is 0.106. The second-order valence-electron chi connectivity index (χ2n) is 9.26. The van der Waals surface area contributed by atoms with Gasteiger partial charge in [-0.15, -0.1) is 11.3 Å². The molecule has 0 unspecified atom stereocenters. The molecular weight excluding hydrogens is 566 g/mol. The molecular formula is C34H24FN3O2S2. The van der Waals surface area contributed by atoms with Crippen molar-refractivity contribution in [1.82, 2.24) is 4.98 Å². The summed E-state index contributed by atoms with van der Waals surface area (Å²) in [6.45, 7) is 1.74. The van der Waals surface area contributed by atoms with Gasteiger partial charge >= 0.3 is 0 Å². The van der Waals surface area contributed by atoms with Gasteiger partial charge in [-0.3, -0.25) is 9.59 Å². The molecule has 2 heterocycles. The Morgan fingerprint density at radius 1 is 0.976 bits per heavy atom. The number of carbonyl (C=O) groups excluding carboxylic acids is 2. The van der Waals surface area contributed by atoms with Crippen molar-refractivity contribution in [2.24, 2.45) is 0 Å². The number of nitrogens with zero attached hydrogens (tertiary/aromatic N) is 2. The van der Waals surface area contributed by atoms with Gasteiger partial charge in [0.1, 0.15) is 16.9 Å². The summed E-state index contributed by atoms with van der Waals surface area (Å²) in [4.78, 5) is 31.4. The maximum Gasteiger partial charge on any atom is 0.237 e. The Morgan fingerprint density at radius 2 is 1.71 bits per heavy atom. The number of aromatic nitrogens is 1. The van der Waals surface area contributed by atoms with Crippen LogP contribution in [0.1, 0.15) is 27.7 Å². The summed E-state index contributed by atoms with van der Waals surface area (Å²) in [5.41, 5.74) is 4.18. The van der Waals surface area contributed by atoms with Gasteiger partial charge in [-0.1, -0.05) is 48.2 Å². The zero-order valence-electron chi connectivity index (χ0n) is 22.5. The van der Waals surface area contributed by atoms with Crippen molar-refractivity contribution in [2.75, 3.05) is 5.32 Å². The third-order valence-electron chi connectivity index (χ3n) is 6.36. The number of hydrogen-bond donors (Lipinski definition) is 1. The van der Waals surface area contributed by atoms with Crippen LogP contribution in [0.25, 0.3) is 28.5 Å². The van der Waals surface area contributed by atoms with Crippen LogP contribution < -0.4 is 5.32 Å². The van der Waals surface area contributed by atoms with Crippen molar-refractivity contribution in [2.45, 2.75) is 17.2 Å². The molecule has 1 atom stereocenters. The minimum Gasteiger partial charge on any atom is -0.325 e. The fourth-order valence-corrected chi connectivity index (χ4v) is 5.70. The molecule has 42 heavy (non-hydrogen) atoms. The number of amides is 1. The van der Waals surface area contributed by atoms with Crippen LogP contribution in [0.15, 0.2) is 114 Å². The first-order valence-electron chi connectivity index (χ1n) is 13.0. The third-order valence-corrected chi connectivity index (χ3v) is 8.28. The maximum absolute atomic E-state index is 13.6. The molecule has 1 N–H and O–H groups in total. The van der Waals surface area contributed by atoms with Gasteiger partial charge in [0.25, 0.3) is 0 Å². The Morgan fingerprint density at radius 3 is 2.38 bits per heavy atom. The number of nitrogens with one attached hydrogen (secondary N) is 1. The van der Waals surface area contributed by atoms with Crippen molar-refractivity contribution in [1.29, 1.82) is 5.26 Å². The highest BCUT2D eigenvalue weighted by Crippen LogP contribution is 2.36. The summed E-state index contributed by atoms with van der Waals surface area (Å²) in [7, 11) is 0. The number of halogens is 1. The first-order chi connectivity index (χ1) is 20.4. The SMILES string of the molecule is C[C@H](Sc1nc(-c2ccc(F)cc2)cc(-c2ccccc2)c1C#N)C(=O)Nc1ccc(C(=O)/C=C/c2cccs2)cc1. The monoisotopic (exact) mass is 589 g/mol. The first-order valence-corrected chi connectivity index (χ1v) is 14.8. The molecule has 206 valence electrons. The van der Waals surface area contributed by atoms with Gasteiger partial charge in [0, 0.05) is 27.3 Å². The fraction of sp³-hybridized carbons (Fsp3) is 0.0588. The minimum atomic E-state index is -0.605. The highest BCUT2D eigenvalue weighted by molar-refractivity contribution is 8.00. The molecule has 0 saturated carbocycles. The molecule has 5 rings (SSSR count). The van der Waals surface area contributed by atoms with Crippen LogP contribution in [0.2, 0.25) is 0 Å². The number of thiophene rings is 1. The molecule has 2 aromatic heterocycles. The van der Waals surface area contributed by atoms with E-state index in [4.69, 9.17) is 4.98 Å². The number of anilines is 1. The number of ketones is 1. The number of allylic oxidation sites excluding steroid dienone is 1. The number of thioether (sulfide) groups is 1. The standard InChI is InChI=1S/C34H24FN3O2S2/c1-22(33(40)37-27-15-11-25(12-16-27)32(39)18-17-28-8-5-19-41-28)42-34-30(21-36)29(23-6-3-2-4-7-23)20-31(38-34)24-9-13-26(35)14-10-24/h2-20,22H,1H3,(H,37,40)/b18-17+/t22-/m0/s1. The summed E-state index contributed by atoms with van der Waals surface area (Å²) in [6.07, 6.45) is 3.31. The lowest BCUT2D eigenvalue weighted by molar-refractivity contribution is -0.115. The van der Waals surface area contributed by atoms with E-state index in [2.05, 4.69) is 11.4 Å². The normalized spacial score (nSPS) is 11.6. The molecule has 0 aliphatic heterocycles. The summed E-state index contributed by atoms with van der Waals surface area (Å²) in [5.74, 6) is -0.769.